The van der Waals surface area contributed by atoms with Crippen LogP contribution in [0, 0.1) is 50.4 Å². The van der Waals surface area contributed by atoms with E-state index in [4.69, 9.17) is 29.7 Å². The number of carbonyl (C=O) groups is 3. The SMILES string of the molecule is C=Cc1c2[n-]c(c1C)/C=C1/[N-]/C(=C3\c4[n-]c(c(C)c4C(=O)[C@@H]3C(=O)OC)/C=c3\[n-]/c(c(C)c3CC)=C\2)[C@@H](CCC(=O)OC/C=C(\C)CCC[C@H](C)CCC[C@H](C)CCCCC)[C@@H]1C.[Mg+2]. The number of hydrogen-bond acceptors (Lipinski definition) is 5. The molecule has 64 heavy (non-hydrogen) atoms. The molecule has 9 nitrogen and oxygen atoms in total. The normalized spacial score (nSPS) is 21.7. The van der Waals surface area contributed by atoms with Crippen molar-refractivity contribution in [2.24, 2.45) is 29.6 Å². The van der Waals surface area contributed by atoms with Gasteiger partial charge < -0.3 is 29.7 Å². The molecule has 0 radical (unpaired) electrons. The van der Waals surface area contributed by atoms with Gasteiger partial charge >= 0.3 is 35.0 Å². The summed E-state index contributed by atoms with van der Waals surface area (Å²) >= 11 is 0. The summed E-state index contributed by atoms with van der Waals surface area (Å²) in [5.41, 5.74) is 10.7. The second kappa shape index (κ2) is 22.8. The number of methoxy groups -OCH3 is 1. The molecule has 3 aromatic rings. The fourth-order valence-corrected chi connectivity index (χ4v) is 9.95. The minimum Gasteiger partial charge on any atom is -0.664 e. The van der Waals surface area contributed by atoms with Crippen LogP contribution in [0.1, 0.15) is 180 Å². The molecule has 0 aromatic carbocycles. The van der Waals surface area contributed by atoms with E-state index >= 15 is 0 Å². The summed E-state index contributed by atoms with van der Waals surface area (Å²) in [5.74, 6) is -1.49. The molecule has 10 heteroatoms. The number of ether oxygens (including phenoxy) is 2. The van der Waals surface area contributed by atoms with Crippen molar-refractivity contribution in [3.05, 3.63) is 102 Å². The topological polar surface area (TPSA) is 126 Å². The van der Waals surface area contributed by atoms with Gasteiger partial charge in [-0.05, 0) is 88.7 Å². The van der Waals surface area contributed by atoms with Crippen molar-refractivity contribution in [3.63, 3.8) is 0 Å². The second-order valence-corrected chi connectivity index (χ2v) is 18.6. The molecule has 6 rings (SSSR count). The molecule has 340 valence electrons. The van der Waals surface area contributed by atoms with Gasteiger partial charge in [-0.25, -0.2) is 0 Å². The van der Waals surface area contributed by atoms with E-state index in [2.05, 4.69) is 55.0 Å². The first-order valence-corrected chi connectivity index (χ1v) is 23.7. The van der Waals surface area contributed by atoms with Crippen molar-refractivity contribution in [1.29, 1.82) is 0 Å². The minimum absolute atomic E-state index is 0. The van der Waals surface area contributed by atoms with Gasteiger partial charge in [-0.1, -0.05) is 150 Å². The summed E-state index contributed by atoms with van der Waals surface area (Å²) in [6.45, 7) is 23.7. The van der Waals surface area contributed by atoms with Crippen LogP contribution in [0.25, 0.3) is 35.2 Å². The molecule has 2 aliphatic heterocycles. The summed E-state index contributed by atoms with van der Waals surface area (Å²) < 4.78 is 11.0. The average Bonchev–Trinajstić information content (AvgIpc) is 4.00. The van der Waals surface area contributed by atoms with Gasteiger partial charge in [0.2, 0.25) is 0 Å². The van der Waals surface area contributed by atoms with Crippen molar-refractivity contribution >= 4 is 70.7 Å². The van der Waals surface area contributed by atoms with Crippen LogP contribution in [0.2, 0.25) is 0 Å². The van der Waals surface area contributed by atoms with E-state index in [1.165, 1.54) is 64.0 Å². The third-order valence-electron chi connectivity index (χ3n) is 14.0. The molecule has 8 bridgehead atoms. The first-order valence-electron chi connectivity index (χ1n) is 23.7. The van der Waals surface area contributed by atoms with E-state index in [-0.39, 0.29) is 59.7 Å². The predicted molar refractivity (Wildman–Crippen MR) is 260 cm³/mol. The van der Waals surface area contributed by atoms with Gasteiger partial charge in [-0.2, -0.15) is 11.4 Å². The molecule has 5 atom stereocenters. The molecular weight excluding hydrogens is 809 g/mol. The van der Waals surface area contributed by atoms with Crippen LogP contribution in [-0.4, -0.2) is 54.5 Å². The number of allylic oxidation sites excluding steroid dienone is 3. The smallest absolute Gasteiger partial charge is 0.664 e. The van der Waals surface area contributed by atoms with E-state index in [1.807, 2.05) is 44.2 Å². The number of unbranched alkanes of at least 4 members (excludes halogenated alkanes) is 2. The zero-order valence-corrected chi connectivity index (χ0v) is 41.8. The Labute approximate surface area is 398 Å². The molecule has 0 saturated carbocycles. The number of fused-ring (bicyclic) bond motifs is 7. The Hall–Kier alpha value is -4.28. The van der Waals surface area contributed by atoms with Crippen LogP contribution in [0.4, 0.5) is 0 Å². The van der Waals surface area contributed by atoms with Gasteiger partial charge in [-0.15, -0.1) is 33.5 Å². The molecule has 1 saturated heterocycles. The van der Waals surface area contributed by atoms with E-state index < -0.39 is 11.9 Å². The Balaban J connectivity index is 0.00000771. The van der Waals surface area contributed by atoms with Crippen LogP contribution in [-0.2, 0) is 25.5 Å². The zero-order chi connectivity index (χ0) is 45.5. The Morgan fingerprint density at radius 2 is 1.52 bits per heavy atom. The second-order valence-electron chi connectivity index (χ2n) is 18.6. The van der Waals surface area contributed by atoms with Crippen LogP contribution < -0.4 is 25.7 Å². The van der Waals surface area contributed by atoms with Gasteiger partial charge in [0, 0.05) is 12.0 Å². The molecule has 0 unspecified atom stereocenters. The van der Waals surface area contributed by atoms with Crippen molar-refractivity contribution in [1.82, 2.24) is 15.0 Å². The van der Waals surface area contributed by atoms with Gasteiger partial charge in [-0.3, -0.25) is 14.4 Å². The van der Waals surface area contributed by atoms with Crippen LogP contribution in [0.5, 0.6) is 0 Å². The zero-order valence-electron chi connectivity index (χ0n) is 40.4. The van der Waals surface area contributed by atoms with Gasteiger partial charge in [0.1, 0.15) is 12.5 Å². The molecule has 1 fully saturated rings. The van der Waals surface area contributed by atoms with Crippen LogP contribution >= 0.6 is 0 Å². The summed E-state index contributed by atoms with van der Waals surface area (Å²) in [6.07, 6.45) is 23.7. The van der Waals surface area contributed by atoms with Crippen molar-refractivity contribution in [3.8, 4) is 0 Å². The van der Waals surface area contributed by atoms with Gasteiger partial charge in [0.25, 0.3) is 0 Å². The van der Waals surface area contributed by atoms with Crippen molar-refractivity contribution < 1.29 is 23.9 Å². The van der Waals surface area contributed by atoms with Crippen LogP contribution in [0.3, 0.4) is 0 Å². The Bertz CT molecular complexity index is 2420. The summed E-state index contributed by atoms with van der Waals surface area (Å²) in [4.78, 5) is 56.6. The Morgan fingerprint density at radius 3 is 2.19 bits per heavy atom. The van der Waals surface area contributed by atoms with E-state index in [0.717, 1.165) is 81.1 Å². The predicted octanol–water partition coefficient (Wildman–Crippen LogP) is 10.1. The molecule has 0 N–H and O–H groups in total. The number of aromatic nitrogens is 3. The van der Waals surface area contributed by atoms with E-state index in [1.54, 1.807) is 0 Å². The van der Waals surface area contributed by atoms with Crippen molar-refractivity contribution in [2.45, 2.75) is 146 Å². The molecule has 0 amide bonds. The maximum atomic E-state index is 14.4. The fourth-order valence-electron chi connectivity index (χ4n) is 9.95. The molecule has 3 aromatic heterocycles. The average molecular weight is 879 g/mol. The number of ketones is 1. The largest absolute Gasteiger partial charge is 2.00 e. The molecule has 0 spiro atoms. The quantitative estimate of drug-likeness (QED) is 0.0361. The van der Waals surface area contributed by atoms with Gasteiger partial charge in [0.15, 0.2) is 5.78 Å². The van der Waals surface area contributed by atoms with E-state index in [9.17, 15) is 14.4 Å². The van der Waals surface area contributed by atoms with Crippen LogP contribution in [0.15, 0.2) is 29.6 Å². The first kappa shape index (κ1) is 50.7. The fraction of sp³-hybridized carbons (Fsp3) is 0.537. The maximum Gasteiger partial charge on any atom is 2.00 e. The maximum absolute atomic E-state index is 14.4. The molecule has 1 aliphatic carbocycles. The van der Waals surface area contributed by atoms with Crippen molar-refractivity contribution in [2.75, 3.05) is 13.7 Å². The monoisotopic (exact) mass is 879 g/mol. The first-order chi connectivity index (χ1) is 30.2. The summed E-state index contributed by atoms with van der Waals surface area (Å²) in [6, 6.07) is 0. The number of hydrogen-bond donors (Lipinski definition) is 0. The summed E-state index contributed by atoms with van der Waals surface area (Å²) in [5, 5.41) is 6.83. The molecule has 5 heterocycles. The number of rotatable bonds is 20. The van der Waals surface area contributed by atoms with E-state index in [0.29, 0.717) is 40.2 Å². The molecular formula is C54H70MgN4O5-2. The van der Waals surface area contributed by atoms with Gasteiger partial charge in [0.05, 0.1) is 7.11 Å². The minimum atomic E-state index is -1.22. The third kappa shape index (κ3) is 11.0. The third-order valence-corrected chi connectivity index (χ3v) is 14.0. The molecule has 3 aliphatic rings. The standard InChI is InChI=1S/C54H71N4O5.Mg/c1-12-15-16-19-31(4)20-17-21-32(5)22-18-23-33(6)26-27-63-47(59)25-24-40-36(9)43-28-41-34(7)38(13-2)45(55-41)29-42-35(8)39(14-3)46(56-42)30-44-37(10)48-52(58-44)49(51(40)57-43)50(53(48)60)54(61)62-11;/h13,26,28-32,36,40,50H,2,12,14-25,27H2,1,3-11H3,(H-,57,58,60);/q-3;+2/p-1/b33-26+,42-29-,43-28+,46-30-;/t31-,32-,36+,40+,50-;/m1./s1. The Kier molecular flexibility index (Phi) is 18.0. The number of esters is 2. The summed E-state index contributed by atoms with van der Waals surface area (Å²) in [7, 11) is 1.30. The Morgan fingerprint density at radius 1 is 0.844 bits per heavy atom. The number of carbonyl (C=O) groups excluding carboxylic acids is 3. The number of nitrogens with zero attached hydrogens (tertiary/aromatic N) is 4. The number of Topliss-reactive ketones (excluding diaryl/α,β-unsaturated/α-hetero) is 1.